The number of piperidine rings is 1. The molecule has 4 heterocycles. The molecule has 35 heavy (non-hydrogen) atoms. The molecule has 1 aliphatic heterocycles. The number of carbonyl (C=O) groups is 1. The van der Waals surface area contributed by atoms with Crippen molar-refractivity contribution in [3.8, 4) is 0 Å². The Morgan fingerprint density at radius 3 is 2.49 bits per heavy atom. The first-order chi connectivity index (χ1) is 16.7. The maximum absolute atomic E-state index is 13.8. The highest BCUT2D eigenvalue weighted by atomic mass is 35.5. The van der Waals surface area contributed by atoms with Crippen LogP contribution in [0.3, 0.4) is 0 Å². The van der Waals surface area contributed by atoms with E-state index in [0.29, 0.717) is 24.0 Å². The number of aryl methyl sites for hydroxylation is 1. The number of pyridine rings is 1. The Labute approximate surface area is 209 Å². The summed E-state index contributed by atoms with van der Waals surface area (Å²) >= 11 is 6.10. The van der Waals surface area contributed by atoms with E-state index in [9.17, 15) is 4.79 Å². The van der Waals surface area contributed by atoms with Crippen molar-refractivity contribution in [1.82, 2.24) is 24.6 Å². The van der Waals surface area contributed by atoms with Crippen LogP contribution in [0, 0.1) is 6.92 Å². The van der Waals surface area contributed by atoms with Gasteiger partial charge in [-0.1, -0.05) is 11.6 Å². The fraction of sp³-hybridized carbons (Fsp3) is 0.481. The number of carbonyl (C=O) groups excluding carboxylic acids is 1. The summed E-state index contributed by atoms with van der Waals surface area (Å²) in [6, 6.07) is 7.53. The highest BCUT2D eigenvalue weighted by molar-refractivity contribution is 6.31. The minimum Gasteiger partial charge on any atom is -0.440 e. The molecule has 4 aromatic rings. The van der Waals surface area contributed by atoms with E-state index in [1.165, 1.54) is 0 Å². The highest BCUT2D eigenvalue weighted by Gasteiger charge is 2.33. The lowest BCUT2D eigenvalue weighted by Gasteiger charge is -2.31. The molecule has 2 fully saturated rings. The van der Waals surface area contributed by atoms with E-state index >= 15 is 0 Å². The van der Waals surface area contributed by atoms with Crippen LogP contribution in [0.4, 0.5) is 0 Å². The van der Waals surface area contributed by atoms with Gasteiger partial charge in [-0.2, -0.15) is 5.10 Å². The van der Waals surface area contributed by atoms with Crippen LogP contribution in [0.5, 0.6) is 0 Å². The Bertz CT molecular complexity index is 1450. The minimum atomic E-state index is -0.218. The zero-order valence-electron chi connectivity index (χ0n) is 20.6. The van der Waals surface area contributed by atoms with Crippen LogP contribution >= 0.6 is 11.6 Å². The van der Waals surface area contributed by atoms with Gasteiger partial charge in [0.25, 0.3) is 5.91 Å². The highest BCUT2D eigenvalue weighted by Crippen LogP contribution is 2.41. The molecule has 1 saturated carbocycles. The van der Waals surface area contributed by atoms with Crippen LogP contribution < -0.4 is 0 Å². The molecular formula is C27H30ClN5O2. The molecule has 6 rings (SSSR count). The van der Waals surface area contributed by atoms with Gasteiger partial charge in [-0.05, 0) is 77.6 Å². The molecule has 1 amide bonds. The van der Waals surface area contributed by atoms with Gasteiger partial charge in [-0.25, -0.2) is 14.6 Å². The summed E-state index contributed by atoms with van der Waals surface area (Å²) < 4.78 is 7.99. The van der Waals surface area contributed by atoms with E-state index in [4.69, 9.17) is 26.1 Å². The van der Waals surface area contributed by atoms with Crippen LogP contribution in [0.2, 0.25) is 5.02 Å². The predicted octanol–water partition coefficient (Wildman–Crippen LogP) is 6.19. The van der Waals surface area contributed by atoms with Crippen LogP contribution in [0.15, 0.2) is 28.7 Å². The van der Waals surface area contributed by atoms with Crippen molar-refractivity contribution in [3.63, 3.8) is 0 Å². The number of rotatable bonds is 3. The largest absolute Gasteiger partial charge is 0.440 e. The quantitative estimate of drug-likeness (QED) is 0.341. The average Bonchev–Trinajstić information content (AvgIpc) is 3.50. The van der Waals surface area contributed by atoms with E-state index < -0.39 is 0 Å². The lowest BCUT2D eigenvalue weighted by atomic mass is 9.95. The van der Waals surface area contributed by atoms with Gasteiger partial charge in [0, 0.05) is 35.6 Å². The molecule has 0 spiro atoms. The van der Waals surface area contributed by atoms with Crippen molar-refractivity contribution >= 4 is 39.6 Å². The van der Waals surface area contributed by atoms with Crippen molar-refractivity contribution in [2.24, 2.45) is 0 Å². The third kappa shape index (κ3) is 3.99. The standard InChI is InChI=1S/C27H30ClN5O2/c1-15-23-19(14-20(16-5-6-16)29-24(23)33(31-15)27(2,3)4)26(34)32-11-9-17(10-12-32)25-30-21-13-18(28)7-8-22(21)35-25/h7-8,13-14,16-17H,5-6,9-12H2,1-4H3. The van der Waals surface area contributed by atoms with Gasteiger partial charge >= 0.3 is 0 Å². The molecule has 3 aromatic heterocycles. The predicted molar refractivity (Wildman–Crippen MR) is 136 cm³/mol. The minimum absolute atomic E-state index is 0.0682. The second kappa shape index (κ2) is 8.05. The lowest BCUT2D eigenvalue weighted by Crippen LogP contribution is -2.38. The summed E-state index contributed by atoms with van der Waals surface area (Å²) in [4.78, 5) is 25.5. The first-order valence-corrected chi connectivity index (χ1v) is 12.8. The van der Waals surface area contributed by atoms with Gasteiger partial charge in [0.1, 0.15) is 5.52 Å². The number of oxazole rings is 1. The molecule has 8 heteroatoms. The average molecular weight is 492 g/mol. The Kier molecular flexibility index (Phi) is 5.18. The second-order valence-electron chi connectivity index (χ2n) is 11.0. The molecular weight excluding hydrogens is 462 g/mol. The number of nitrogens with zero attached hydrogens (tertiary/aromatic N) is 5. The molecule has 0 unspecified atom stereocenters. The van der Waals surface area contributed by atoms with Crippen LogP contribution in [0.25, 0.3) is 22.1 Å². The number of hydrogen-bond acceptors (Lipinski definition) is 5. The number of halogens is 1. The number of fused-ring (bicyclic) bond motifs is 2. The van der Waals surface area contributed by atoms with Crippen molar-refractivity contribution in [1.29, 1.82) is 0 Å². The number of amides is 1. The number of benzene rings is 1. The summed E-state index contributed by atoms with van der Waals surface area (Å²) in [6.45, 7) is 9.67. The van der Waals surface area contributed by atoms with Gasteiger partial charge in [0.05, 0.1) is 22.2 Å². The van der Waals surface area contributed by atoms with E-state index in [1.807, 2.05) is 40.8 Å². The van der Waals surface area contributed by atoms with Gasteiger partial charge < -0.3 is 9.32 Å². The third-order valence-corrected chi connectivity index (χ3v) is 7.43. The summed E-state index contributed by atoms with van der Waals surface area (Å²) in [7, 11) is 0. The zero-order chi connectivity index (χ0) is 24.5. The van der Waals surface area contributed by atoms with Crippen LogP contribution in [0.1, 0.15) is 85.9 Å². The zero-order valence-corrected chi connectivity index (χ0v) is 21.4. The second-order valence-corrected chi connectivity index (χ2v) is 11.4. The van der Waals surface area contributed by atoms with Crippen LogP contribution in [-0.2, 0) is 5.54 Å². The topological polar surface area (TPSA) is 77.1 Å². The number of hydrogen-bond donors (Lipinski definition) is 0. The monoisotopic (exact) mass is 491 g/mol. The molecule has 182 valence electrons. The van der Waals surface area contributed by atoms with Crippen molar-refractivity contribution in [2.75, 3.05) is 13.1 Å². The Balaban J connectivity index is 1.29. The molecule has 0 bridgehead atoms. The number of aromatic nitrogens is 4. The van der Waals surface area contributed by atoms with E-state index in [2.05, 4.69) is 25.8 Å². The van der Waals surface area contributed by atoms with Crippen molar-refractivity contribution < 1.29 is 9.21 Å². The van der Waals surface area contributed by atoms with Gasteiger partial charge in [-0.15, -0.1) is 0 Å². The summed E-state index contributed by atoms with van der Waals surface area (Å²) in [6.07, 6.45) is 3.90. The SMILES string of the molecule is Cc1nn(C(C)(C)C)c2nc(C3CC3)cc(C(=O)N3CCC(c4nc5cc(Cl)ccc5o4)CC3)c12. The van der Waals surface area contributed by atoms with Crippen LogP contribution in [-0.4, -0.2) is 43.6 Å². The fourth-order valence-corrected chi connectivity index (χ4v) is 5.29. The van der Waals surface area contributed by atoms with E-state index in [-0.39, 0.29) is 17.4 Å². The fourth-order valence-electron chi connectivity index (χ4n) is 5.13. The van der Waals surface area contributed by atoms with Crippen molar-refractivity contribution in [2.45, 2.75) is 70.8 Å². The molecule has 0 atom stereocenters. The lowest BCUT2D eigenvalue weighted by molar-refractivity contribution is 0.0708. The smallest absolute Gasteiger partial charge is 0.254 e. The first-order valence-electron chi connectivity index (χ1n) is 12.4. The third-order valence-electron chi connectivity index (χ3n) is 7.19. The van der Waals surface area contributed by atoms with Gasteiger partial charge in [0.15, 0.2) is 17.1 Å². The van der Waals surface area contributed by atoms with Gasteiger partial charge in [-0.3, -0.25) is 4.79 Å². The maximum Gasteiger partial charge on any atom is 0.254 e. The summed E-state index contributed by atoms with van der Waals surface area (Å²) in [5.41, 5.74) is 4.75. The summed E-state index contributed by atoms with van der Waals surface area (Å²) in [5, 5.41) is 6.33. The molecule has 1 saturated heterocycles. The molecule has 1 aromatic carbocycles. The van der Waals surface area contributed by atoms with E-state index in [1.54, 1.807) is 0 Å². The van der Waals surface area contributed by atoms with Gasteiger partial charge in [0.2, 0.25) is 0 Å². The van der Waals surface area contributed by atoms with Crippen molar-refractivity contribution in [3.05, 3.63) is 52.1 Å². The molecule has 7 nitrogen and oxygen atoms in total. The molecule has 0 radical (unpaired) electrons. The normalized spacial score (nSPS) is 17.6. The Morgan fingerprint density at radius 1 is 1.06 bits per heavy atom. The molecule has 0 N–H and O–H groups in total. The molecule has 1 aliphatic carbocycles. The maximum atomic E-state index is 13.8. The Hall–Kier alpha value is -2.93. The first kappa shape index (κ1) is 22.5. The number of likely N-dealkylation sites (tertiary alicyclic amines) is 1. The van der Waals surface area contributed by atoms with E-state index in [0.717, 1.165) is 70.7 Å². The Morgan fingerprint density at radius 2 is 1.80 bits per heavy atom. The summed E-state index contributed by atoms with van der Waals surface area (Å²) in [5.74, 6) is 1.45. The molecule has 2 aliphatic rings.